The first-order valence-corrected chi connectivity index (χ1v) is 6.21. The van der Waals surface area contributed by atoms with E-state index in [9.17, 15) is 4.79 Å². The molecule has 0 aliphatic heterocycles. The lowest BCUT2D eigenvalue weighted by atomic mass is 10.1. The predicted octanol–water partition coefficient (Wildman–Crippen LogP) is 2.60. The van der Waals surface area contributed by atoms with Gasteiger partial charge in [-0.05, 0) is 32.0 Å². The number of Topliss-reactive ketones (excluding diaryl/α,β-unsaturated/α-hetero) is 1. The third kappa shape index (κ3) is 2.14. The molecule has 3 aromatic rings. The molecule has 3 rings (SSSR count). The van der Waals surface area contributed by atoms with Crippen molar-refractivity contribution in [2.75, 3.05) is 0 Å². The lowest BCUT2D eigenvalue weighted by Gasteiger charge is -2.05. The van der Waals surface area contributed by atoms with Gasteiger partial charge in [0, 0.05) is 24.2 Å². The van der Waals surface area contributed by atoms with Crippen LogP contribution in [0, 0.1) is 6.92 Å². The molecule has 0 aliphatic carbocycles. The Hall–Kier alpha value is -2.69. The van der Waals surface area contributed by atoms with Gasteiger partial charge in [-0.15, -0.1) is 0 Å². The minimum atomic E-state index is -0.0292. The van der Waals surface area contributed by atoms with Crippen LogP contribution in [0.3, 0.4) is 0 Å². The van der Waals surface area contributed by atoms with Crippen LogP contribution in [0.1, 0.15) is 23.0 Å². The molecular formula is C15H12N4O. The van der Waals surface area contributed by atoms with Crippen LogP contribution in [0.2, 0.25) is 0 Å². The van der Waals surface area contributed by atoms with Crippen LogP contribution >= 0.6 is 0 Å². The zero-order valence-electron chi connectivity index (χ0n) is 11.2. The highest BCUT2D eigenvalue weighted by Crippen LogP contribution is 2.20. The van der Waals surface area contributed by atoms with Crippen molar-refractivity contribution in [1.82, 2.24) is 19.9 Å². The molecule has 20 heavy (non-hydrogen) atoms. The van der Waals surface area contributed by atoms with Crippen LogP contribution in [-0.4, -0.2) is 25.7 Å². The third-order valence-electron chi connectivity index (χ3n) is 3.09. The van der Waals surface area contributed by atoms with Gasteiger partial charge in [0.15, 0.2) is 11.6 Å². The molecule has 0 bridgehead atoms. The van der Waals surface area contributed by atoms with Gasteiger partial charge in [-0.2, -0.15) is 0 Å². The molecule has 0 N–H and O–H groups in total. The normalized spacial score (nSPS) is 10.7. The quantitative estimate of drug-likeness (QED) is 0.665. The van der Waals surface area contributed by atoms with Crippen LogP contribution < -0.4 is 0 Å². The minimum absolute atomic E-state index is 0.0292. The van der Waals surface area contributed by atoms with Crippen LogP contribution in [0.25, 0.3) is 22.4 Å². The van der Waals surface area contributed by atoms with E-state index in [1.165, 1.54) is 6.92 Å². The summed E-state index contributed by atoms with van der Waals surface area (Å²) in [6.45, 7) is 3.32. The van der Waals surface area contributed by atoms with Gasteiger partial charge in [0.1, 0.15) is 0 Å². The Balaban J connectivity index is 2.11. The molecule has 0 fully saturated rings. The number of aromatic nitrogens is 4. The lowest BCUT2D eigenvalue weighted by Crippen LogP contribution is -2.02. The average Bonchev–Trinajstić information content (AvgIpc) is 2.46. The maximum atomic E-state index is 11.4. The van der Waals surface area contributed by atoms with E-state index < -0.39 is 0 Å². The maximum Gasteiger partial charge on any atom is 0.163 e. The molecule has 5 nitrogen and oxygen atoms in total. The largest absolute Gasteiger partial charge is 0.294 e. The number of ketones is 1. The second-order valence-electron chi connectivity index (χ2n) is 4.51. The molecule has 0 unspecified atom stereocenters. The van der Waals surface area contributed by atoms with E-state index in [4.69, 9.17) is 0 Å². The summed E-state index contributed by atoms with van der Waals surface area (Å²) in [4.78, 5) is 28.5. The summed E-state index contributed by atoms with van der Waals surface area (Å²) < 4.78 is 0. The second-order valence-corrected chi connectivity index (χ2v) is 4.51. The number of carbonyl (C=O) groups excluding carboxylic acids is 1. The molecule has 1 aromatic carbocycles. The van der Waals surface area contributed by atoms with Gasteiger partial charge >= 0.3 is 0 Å². The van der Waals surface area contributed by atoms with E-state index in [1.807, 2.05) is 25.1 Å². The Morgan fingerprint density at radius 2 is 1.80 bits per heavy atom. The molecular weight excluding hydrogens is 252 g/mol. The minimum Gasteiger partial charge on any atom is -0.294 e. The van der Waals surface area contributed by atoms with Gasteiger partial charge in [0.25, 0.3) is 0 Å². The molecule has 0 aliphatic rings. The van der Waals surface area contributed by atoms with E-state index in [0.717, 1.165) is 16.6 Å². The topological polar surface area (TPSA) is 68.6 Å². The van der Waals surface area contributed by atoms with Crippen molar-refractivity contribution in [2.24, 2.45) is 0 Å². The molecule has 0 spiro atoms. The standard InChI is InChI=1S/C15H12N4O/c1-9-12(10(2)20)8-18-15(19-9)11-3-4-13-14(7-11)17-6-5-16-13/h3-8H,1-2H3. The Morgan fingerprint density at radius 3 is 2.50 bits per heavy atom. The van der Waals surface area contributed by atoms with Crippen LogP contribution in [-0.2, 0) is 0 Å². The summed E-state index contributed by atoms with van der Waals surface area (Å²) in [7, 11) is 0. The van der Waals surface area contributed by atoms with E-state index in [2.05, 4.69) is 19.9 Å². The molecule has 2 aromatic heterocycles. The molecule has 0 amide bonds. The molecule has 0 radical (unpaired) electrons. The fourth-order valence-corrected chi connectivity index (χ4v) is 2.05. The fourth-order valence-electron chi connectivity index (χ4n) is 2.05. The summed E-state index contributed by atoms with van der Waals surface area (Å²) in [5.74, 6) is 0.554. The Bertz CT molecular complexity index is 814. The predicted molar refractivity (Wildman–Crippen MR) is 75.3 cm³/mol. The second kappa shape index (κ2) is 4.77. The van der Waals surface area contributed by atoms with Gasteiger partial charge in [-0.25, -0.2) is 9.97 Å². The lowest BCUT2D eigenvalue weighted by molar-refractivity contribution is 0.101. The number of carbonyl (C=O) groups is 1. The number of rotatable bonds is 2. The number of hydrogen-bond donors (Lipinski definition) is 0. The zero-order chi connectivity index (χ0) is 14.1. The highest BCUT2D eigenvalue weighted by atomic mass is 16.1. The first-order valence-electron chi connectivity index (χ1n) is 6.21. The molecule has 5 heteroatoms. The van der Waals surface area contributed by atoms with E-state index in [1.54, 1.807) is 18.6 Å². The number of benzene rings is 1. The van der Waals surface area contributed by atoms with Crippen molar-refractivity contribution in [2.45, 2.75) is 13.8 Å². The number of hydrogen-bond acceptors (Lipinski definition) is 5. The van der Waals surface area contributed by atoms with Gasteiger partial charge < -0.3 is 0 Å². The molecule has 0 atom stereocenters. The van der Waals surface area contributed by atoms with Crippen LogP contribution in [0.5, 0.6) is 0 Å². The number of fused-ring (bicyclic) bond motifs is 1. The first-order chi connectivity index (χ1) is 9.65. The Kier molecular flexibility index (Phi) is 2.95. The van der Waals surface area contributed by atoms with Crippen molar-refractivity contribution in [3.05, 3.63) is 48.0 Å². The molecule has 0 saturated carbocycles. The zero-order valence-corrected chi connectivity index (χ0v) is 11.2. The van der Waals surface area contributed by atoms with Crippen molar-refractivity contribution >= 4 is 16.8 Å². The van der Waals surface area contributed by atoms with E-state index in [-0.39, 0.29) is 5.78 Å². The van der Waals surface area contributed by atoms with Crippen molar-refractivity contribution in [3.8, 4) is 11.4 Å². The Labute approximate surface area is 115 Å². The smallest absolute Gasteiger partial charge is 0.163 e. The maximum absolute atomic E-state index is 11.4. The summed E-state index contributed by atoms with van der Waals surface area (Å²) in [6, 6.07) is 5.68. The highest BCUT2D eigenvalue weighted by molar-refractivity contribution is 5.94. The van der Waals surface area contributed by atoms with Crippen LogP contribution in [0.4, 0.5) is 0 Å². The number of aryl methyl sites for hydroxylation is 1. The monoisotopic (exact) mass is 264 g/mol. The third-order valence-corrected chi connectivity index (χ3v) is 3.09. The summed E-state index contributed by atoms with van der Waals surface area (Å²) in [5, 5.41) is 0. The summed E-state index contributed by atoms with van der Waals surface area (Å²) in [6.07, 6.45) is 4.88. The summed E-state index contributed by atoms with van der Waals surface area (Å²) >= 11 is 0. The number of nitrogens with zero attached hydrogens (tertiary/aromatic N) is 4. The van der Waals surface area contributed by atoms with Crippen molar-refractivity contribution in [1.29, 1.82) is 0 Å². The van der Waals surface area contributed by atoms with Crippen molar-refractivity contribution < 1.29 is 4.79 Å². The average molecular weight is 264 g/mol. The molecule has 2 heterocycles. The first kappa shape index (κ1) is 12.3. The van der Waals surface area contributed by atoms with Gasteiger partial charge in [0.05, 0.1) is 22.3 Å². The SMILES string of the molecule is CC(=O)c1cnc(-c2ccc3nccnc3c2)nc1C. The van der Waals surface area contributed by atoms with Gasteiger partial charge in [-0.3, -0.25) is 14.8 Å². The van der Waals surface area contributed by atoms with Gasteiger partial charge in [0.2, 0.25) is 0 Å². The molecule has 0 saturated heterocycles. The van der Waals surface area contributed by atoms with Crippen molar-refractivity contribution in [3.63, 3.8) is 0 Å². The highest BCUT2D eigenvalue weighted by Gasteiger charge is 2.09. The van der Waals surface area contributed by atoms with Crippen LogP contribution in [0.15, 0.2) is 36.8 Å². The van der Waals surface area contributed by atoms with E-state index >= 15 is 0 Å². The fraction of sp³-hybridized carbons (Fsp3) is 0.133. The Morgan fingerprint density at radius 1 is 1.05 bits per heavy atom. The molecule has 98 valence electrons. The summed E-state index contributed by atoms with van der Waals surface area (Å²) in [5.41, 5.74) is 3.71. The van der Waals surface area contributed by atoms with Gasteiger partial charge in [-0.1, -0.05) is 0 Å². The van der Waals surface area contributed by atoms with E-state index in [0.29, 0.717) is 17.1 Å².